The molecule has 1 aromatic carbocycles. The molecule has 0 saturated carbocycles. The van der Waals surface area contributed by atoms with Gasteiger partial charge < -0.3 is 13.9 Å². The van der Waals surface area contributed by atoms with Crippen molar-refractivity contribution in [2.24, 2.45) is 0 Å². The summed E-state index contributed by atoms with van der Waals surface area (Å²) in [7, 11) is 0. The first-order valence-corrected chi connectivity index (χ1v) is 5.89. The van der Waals surface area contributed by atoms with Crippen LogP contribution >= 0.6 is 0 Å². The zero-order valence-electron chi connectivity index (χ0n) is 10.3. The highest BCUT2D eigenvalue weighted by Crippen LogP contribution is 2.35. The van der Waals surface area contributed by atoms with Crippen LogP contribution in [0.3, 0.4) is 0 Å². The monoisotopic (exact) mass is 246 g/mol. The largest absolute Gasteiger partial charge is 0.491 e. The van der Waals surface area contributed by atoms with Gasteiger partial charge >= 0.3 is 5.63 Å². The van der Waals surface area contributed by atoms with E-state index in [1.54, 1.807) is 12.1 Å². The number of ether oxygens (including phenoxy) is 2. The molecule has 0 amide bonds. The third kappa shape index (κ3) is 2.11. The van der Waals surface area contributed by atoms with Gasteiger partial charge in [0.25, 0.3) is 0 Å². The van der Waals surface area contributed by atoms with Gasteiger partial charge in [-0.15, -0.1) is 0 Å². The quantitative estimate of drug-likeness (QED) is 0.616. The van der Waals surface area contributed by atoms with Crippen molar-refractivity contribution in [2.75, 3.05) is 6.61 Å². The van der Waals surface area contributed by atoms with E-state index in [0.29, 0.717) is 17.9 Å². The summed E-state index contributed by atoms with van der Waals surface area (Å²) in [5, 5.41) is 0.880. The van der Waals surface area contributed by atoms with Gasteiger partial charge in [0, 0.05) is 17.5 Å². The summed E-state index contributed by atoms with van der Waals surface area (Å²) in [6.07, 6.45) is 0.135. The minimum atomic E-state index is -0.355. The topological polar surface area (TPSA) is 52.0 Å². The fraction of sp³-hybridized carbons (Fsp3) is 0.357. The predicted octanol–water partition coefficient (Wildman–Crippen LogP) is 2.35. The van der Waals surface area contributed by atoms with E-state index in [-0.39, 0.29) is 17.3 Å². The Morgan fingerprint density at radius 2 is 2.00 bits per heavy atom. The standard InChI is InChI=1S/C14H14O4/c1-14(2)12(18-14)8-16-10-5-3-9-4-6-13(15)17-11(9)7-10/h3-7,12H,8H2,1-2H3. The number of fused-ring (bicyclic) bond motifs is 1. The average molecular weight is 246 g/mol. The highest BCUT2D eigenvalue weighted by atomic mass is 16.6. The maximum absolute atomic E-state index is 11.1. The Kier molecular flexibility index (Phi) is 2.41. The molecule has 1 atom stereocenters. The molecule has 1 saturated heterocycles. The minimum Gasteiger partial charge on any atom is -0.491 e. The van der Waals surface area contributed by atoms with Gasteiger partial charge in [-0.1, -0.05) is 0 Å². The third-order valence-electron chi connectivity index (χ3n) is 3.16. The second-order valence-corrected chi connectivity index (χ2v) is 4.98. The molecule has 4 heteroatoms. The Hall–Kier alpha value is -1.81. The van der Waals surface area contributed by atoms with E-state index >= 15 is 0 Å². The van der Waals surface area contributed by atoms with Gasteiger partial charge in [-0.2, -0.15) is 0 Å². The highest BCUT2D eigenvalue weighted by Gasteiger charge is 2.48. The molecule has 0 radical (unpaired) electrons. The van der Waals surface area contributed by atoms with Crippen molar-refractivity contribution in [1.82, 2.24) is 0 Å². The molecule has 1 unspecified atom stereocenters. The van der Waals surface area contributed by atoms with Crippen LogP contribution in [-0.2, 0) is 4.74 Å². The van der Waals surface area contributed by atoms with Crippen LogP contribution in [0.1, 0.15) is 13.8 Å². The fourth-order valence-corrected chi connectivity index (χ4v) is 1.87. The average Bonchev–Trinajstić information content (AvgIpc) is 2.94. The first-order valence-electron chi connectivity index (χ1n) is 5.89. The van der Waals surface area contributed by atoms with Gasteiger partial charge in [-0.3, -0.25) is 0 Å². The molecule has 3 rings (SSSR count). The van der Waals surface area contributed by atoms with Gasteiger partial charge in [0.1, 0.15) is 24.0 Å². The molecule has 1 aromatic heterocycles. The van der Waals surface area contributed by atoms with Gasteiger partial charge in [-0.25, -0.2) is 4.79 Å². The van der Waals surface area contributed by atoms with Crippen LogP contribution in [0, 0.1) is 0 Å². The first kappa shape index (κ1) is 11.3. The zero-order valence-corrected chi connectivity index (χ0v) is 10.3. The van der Waals surface area contributed by atoms with Crippen molar-refractivity contribution in [2.45, 2.75) is 25.6 Å². The van der Waals surface area contributed by atoms with Crippen LogP contribution in [0.4, 0.5) is 0 Å². The molecule has 4 nitrogen and oxygen atoms in total. The molecule has 1 aliphatic heterocycles. The number of benzene rings is 1. The first-order chi connectivity index (χ1) is 8.54. The summed E-state index contributed by atoms with van der Waals surface area (Å²) in [4.78, 5) is 11.1. The highest BCUT2D eigenvalue weighted by molar-refractivity contribution is 5.77. The van der Waals surface area contributed by atoms with Crippen LogP contribution in [0.25, 0.3) is 11.0 Å². The van der Waals surface area contributed by atoms with E-state index in [1.165, 1.54) is 6.07 Å². The number of epoxide rings is 1. The van der Waals surface area contributed by atoms with E-state index in [9.17, 15) is 4.79 Å². The van der Waals surface area contributed by atoms with E-state index < -0.39 is 0 Å². The number of rotatable bonds is 3. The lowest BCUT2D eigenvalue weighted by Crippen LogP contribution is -2.12. The third-order valence-corrected chi connectivity index (χ3v) is 3.16. The Morgan fingerprint density at radius 1 is 1.28 bits per heavy atom. The van der Waals surface area contributed by atoms with Crippen LogP contribution in [0.15, 0.2) is 39.5 Å². The molecular formula is C14H14O4. The van der Waals surface area contributed by atoms with E-state index in [1.807, 2.05) is 26.0 Å². The van der Waals surface area contributed by atoms with Crippen molar-refractivity contribution in [3.63, 3.8) is 0 Å². The molecule has 0 aliphatic carbocycles. The summed E-state index contributed by atoms with van der Waals surface area (Å²) in [5.41, 5.74) is 0.103. The van der Waals surface area contributed by atoms with Crippen LogP contribution in [0.5, 0.6) is 5.75 Å². The van der Waals surface area contributed by atoms with Gasteiger partial charge in [0.15, 0.2) is 0 Å². The van der Waals surface area contributed by atoms with E-state index in [2.05, 4.69) is 0 Å². The molecule has 0 spiro atoms. The molecule has 0 N–H and O–H groups in total. The van der Waals surface area contributed by atoms with Gasteiger partial charge in [0.05, 0.1) is 5.60 Å². The summed E-state index contributed by atoms with van der Waals surface area (Å²) in [6, 6.07) is 8.60. The molecule has 18 heavy (non-hydrogen) atoms. The summed E-state index contributed by atoms with van der Waals surface area (Å²) in [6.45, 7) is 4.57. The summed E-state index contributed by atoms with van der Waals surface area (Å²) in [5.74, 6) is 0.683. The van der Waals surface area contributed by atoms with Crippen molar-refractivity contribution < 1.29 is 13.9 Å². The summed E-state index contributed by atoms with van der Waals surface area (Å²) >= 11 is 0. The second kappa shape index (κ2) is 3.85. The molecule has 1 aliphatic rings. The Labute approximate surface area is 104 Å². The predicted molar refractivity (Wildman–Crippen MR) is 66.9 cm³/mol. The van der Waals surface area contributed by atoms with Crippen molar-refractivity contribution in [1.29, 1.82) is 0 Å². The Morgan fingerprint density at radius 3 is 2.72 bits per heavy atom. The van der Waals surface area contributed by atoms with E-state index in [4.69, 9.17) is 13.9 Å². The van der Waals surface area contributed by atoms with Crippen molar-refractivity contribution in [3.8, 4) is 5.75 Å². The van der Waals surface area contributed by atoms with Gasteiger partial charge in [-0.05, 0) is 32.0 Å². The smallest absolute Gasteiger partial charge is 0.336 e. The lowest BCUT2D eigenvalue weighted by molar-refractivity contribution is 0.254. The van der Waals surface area contributed by atoms with Crippen LogP contribution < -0.4 is 10.4 Å². The fourth-order valence-electron chi connectivity index (χ4n) is 1.87. The van der Waals surface area contributed by atoms with E-state index in [0.717, 1.165) is 5.39 Å². The maximum Gasteiger partial charge on any atom is 0.336 e. The van der Waals surface area contributed by atoms with Crippen LogP contribution in [-0.4, -0.2) is 18.3 Å². The molecular weight excluding hydrogens is 232 g/mol. The zero-order chi connectivity index (χ0) is 12.8. The SMILES string of the molecule is CC1(C)OC1COc1ccc2ccc(=O)oc2c1. The summed E-state index contributed by atoms with van der Waals surface area (Å²) < 4.78 is 16.2. The second-order valence-electron chi connectivity index (χ2n) is 4.98. The lowest BCUT2D eigenvalue weighted by Gasteiger charge is -2.05. The molecule has 0 bridgehead atoms. The molecule has 2 heterocycles. The Balaban J connectivity index is 1.78. The number of hydrogen-bond donors (Lipinski definition) is 0. The molecule has 94 valence electrons. The van der Waals surface area contributed by atoms with Crippen molar-refractivity contribution >= 4 is 11.0 Å². The molecule has 1 fully saturated rings. The molecule has 2 aromatic rings. The normalized spacial score (nSPS) is 20.9. The minimum absolute atomic E-state index is 0.0799. The maximum atomic E-state index is 11.1. The Bertz CT molecular complexity index is 642. The lowest BCUT2D eigenvalue weighted by atomic mass is 10.1. The van der Waals surface area contributed by atoms with Crippen LogP contribution in [0.2, 0.25) is 0 Å². The number of hydrogen-bond acceptors (Lipinski definition) is 4. The van der Waals surface area contributed by atoms with Crippen molar-refractivity contribution in [3.05, 3.63) is 40.8 Å². The van der Waals surface area contributed by atoms with Gasteiger partial charge in [0.2, 0.25) is 0 Å².